The van der Waals surface area contributed by atoms with E-state index in [1.165, 1.54) is 0 Å². The Morgan fingerprint density at radius 2 is 2.28 bits per heavy atom. The maximum atomic E-state index is 13.0. The molecule has 0 unspecified atom stereocenters. The van der Waals surface area contributed by atoms with Crippen LogP contribution >= 0.6 is 0 Å². The number of carbonyl (C=O) groups is 1. The number of carbonyl (C=O) groups excluding carboxylic acids is 1. The van der Waals surface area contributed by atoms with Crippen LogP contribution in [0, 0.1) is 5.92 Å². The normalized spacial score (nSPS) is 26.8. The zero-order valence-electron chi connectivity index (χ0n) is 15.1. The number of nitrogens with one attached hydrogen (secondary N) is 1. The number of aromatic nitrogens is 1. The van der Waals surface area contributed by atoms with E-state index >= 15 is 0 Å². The van der Waals surface area contributed by atoms with Crippen molar-refractivity contribution in [2.24, 2.45) is 5.92 Å². The van der Waals surface area contributed by atoms with Gasteiger partial charge in [-0.05, 0) is 62.9 Å². The minimum absolute atomic E-state index is 0.121. The Labute approximate surface area is 148 Å². The molecule has 5 heteroatoms. The summed E-state index contributed by atoms with van der Waals surface area (Å²) in [5.41, 5.74) is 1.64. The fourth-order valence-corrected chi connectivity index (χ4v) is 4.49. The second-order valence-electron chi connectivity index (χ2n) is 7.94. The molecule has 0 aliphatic carbocycles. The lowest BCUT2D eigenvalue weighted by molar-refractivity contribution is -0.0450. The lowest BCUT2D eigenvalue weighted by Crippen LogP contribution is -2.50. The van der Waals surface area contributed by atoms with Gasteiger partial charge in [-0.25, -0.2) is 0 Å². The number of nitrogens with zero attached hydrogens (tertiary/aromatic N) is 2. The SMILES string of the molecule is CN(C)C[C@H]1CO[C@]2(CCCN(C(=O)c3ccc4cc[nH]c4c3)C2)C1. The largest absolute Gasteiger partial charge is 0.373 e. The van der Waals surface area contributed by atoms with Gasteiger partial charge in [-0.1, -0.05) is 6.07 Å². The first-order chi connectivity index (χ1) is 12.0. The Kier molecular flexibility index (Phi) is 4.29. The average molecular weight is 341 g/mol. The van der Waals surface area contributed by atoms with Gasteiger partial charge in [0.15, 0.2) is 0 Å². The van der Waals surface area contributed by atoms with Crippen LogP contribution in [0.25, 0.3) is 10.9 Å². The predicted molar refractivity (Wildman–Crippen MR) is 98.8 cm³/mol. The molecule has 1 amide bonds. The van der Waals surface area contributed by atoms with Gasteiger partial charge in [0, 0.05) is 36.9 Å². The molecule has 2 fully saturated rings. The molecule has 1 aromatic heterocycles. The molecular weight excluding hydrogens is 314 g/mol. The smallest absolute Gasteiger partial charge is 0.254 e. The fraction of sp³-hybridized carbons (Fsp3) is 0.550. The van der Waals surface area contributed by atoms with Crippen LogP contribution in [-0.4, -0.2) is 66.6 Å². The van der Waals surface area contributed by atoms with Crippen LogP contribution in [0.2, 0.25) is 0 Å². The van der Waals surface area contributed by atoms with E-state index in [9.17, 15) is 4.79 Å². The molecule has 2 atom stereocenters. The van der Waals surface area contributed by atoms with Crippen LogP contribution < -0.4 is 0 Å². The number of likely N-dealkylation sites (tertiary alicyclic amines) is 1. The van der Waals surface area contributed by atoms with Crippen molar-refractivity contribution in [2.45, 2.75) is 24.9 Å². The summed E-state index contributed by atoms with van der Waals surface area (Å²) in [5, 5.41) is 1.14. The molecular formula is C20H27N3O2. The van der Waals surface area contributed by atoms with Crippen molar-refractivity contribution in [1.82, 2.24) is 14.8 Å². The van der Waals surface area contributed by atoms with Crippen molar-refractivity contribution in [3.63, 3.8) is 0 Å². The van der Waals surface area contributed by atoms with Crippen LogP contribution in [-0.2, 0) is 4.74 Å². The van der Waals surface area contributed by atoms with Crippen molar-refractivity contribution in [3.8, 4) is 0 Å². The summed E-state index contributed by atoms with van der Waals surface area (Å²) >= 11 is 0. The van der Waals surface area contributed by atoms with Gasteiger partial charge in [0.05, 0.1) is 12.2 Å². The van der Waals surface area contributed by atoms with E-state index in [2.05, 4.69) is 24.0 Å². The molecule has 0 radical (unpaired) electrons. The summed E-state index contributed by atoms with van der Waals surface area (Å²) in [5.74, 6) is 0.690. The van der Waals surface area contributed by atoms with Crippen molar-refractivity contribution in [1.29, 1.82) is 0 Å². The Morgan fingerprint density at radius 1 is 1.40 bits per heavy atom. The molecule has 25 heavy (non-hydrogen) atoms. The number of benzene rings is 1. The predicted octanol–water partition coefficient (Wildman–Crippen LogP) is 2.74. The standard InChI is InChI=1S/C20H27N3O2/c1-22(2)12-15-11-20(25-13-15)7-3-9-23(14-20)19(24)17-5-4-16-6-8-21-18(16)10-17/h4-6,8,10,15,21H,3,7,9,11-14H2,1-2H3/t15-,20+/m0/s1. The molecule has 4 rings (SSSR count). The van der Waals surface area contributed by atoms with Gasteiger partial charge < -0.3 is 19.5 Å². The lowest BCUT2D eigenvalue weighted by atomic mass is 9.86. The summed E-state index contributed by atoms with van der Waals surface area (Å²) in [4.78, 5) is 20.4. The van der Waals surface area contributed by atoms with Crippen LogP contribution in [0.5, 0.6) is 0 Å². The van der Waals surface area contributed by atoms with E-state index in [-0.39, 0.29) is 11.5 Å². The number of hydrogen-bond acceptors (Lipinski definition) is 3. The fourth-order valence-electron chi connectivity index (χ4n) is 4.49. The van der Waals surface area contributed by atoms with Crippen LogP contribution in [0.3, 0.4) is 0 Å². The Bertz CT molecular complexity index is 769. The molecule has 5 nitrogen and oxygen atoms in total. The Morgan fingerprint density at radius 3 is 3.12 bits per heavy atom. The zero-order valence-corrected chi connectivity index (χ0v) is 15.1. The quantitative estimate of drug-likeness (QED) is 0.934. The van der Waals surface area contributed by atoms with Crippen LogP contribution in [0.15, 0.2) is 30.5 Å². The average Bonchev–Trinajstić information content (AvgIpc) is 3.20. The zero-order chi connectivity index (χ0) is 17.4. The van der Waals surface area contributed by atoms with Gasteiger partial charge in [0.1, 0.15) is 0 Å². The van der Waals surface area contributed by atoms with E-state index in [4.69, 9.17) is 4.74 Å². The highest BCUT2D eigenvalue weighted by molar-refractivity contribution is 5.98. The summed E-state index contributed by atoms with van der Waals surface area (Å²) < 4.78 is 6.24. The summed E-state index contributed by atoms with van der Waals surface area (Å²) in [7, 11) is 4.22. The van der Waals surface area contributed by atoms with Gasteiger partial charge in [-0.15, -0.1) is 0 Å². The molecule has 1 N–H and O–H groups in total. The lowest BCUT2D eigenvalue weighted by Gasteiger charge is -2.40. The summed E-state index contributed by atoms with van der Waals surface area (Å²) in [6, 6.07) is 7.93. The van der Waals surface area contributed by atoms with E-state index < -0.39 is 0 Å². The number of rotatable bonds is 3. The van der Waals surface area contributed by atoms with Crippen LogP contribution in [0.1, 0.15) is 29.6 Å². The van der Waals surface area contributed by atoms with E-state index in [1.54, 1.807) is 0 Å². The first kappa shape index (κ1) is 16.6. The topological polar surface area (TPSA) is 48.6 Å². The molecule has 0 saturated carbocycles. The molecule has 2 aromatic rings. The third-order valence-electron chi connectivity index (χ3n) is 5.54. The van der Waals surface area contributed by atoms with Gasteiger partial charge in [-0.3, -0.25) is 4.79 Å². The molecule has 2 aliphatic heterocycles. The monoisotopic (exact) mass is 341 g/mol. The second-order valence-corrected chi connectivity index (χ2v) is 7.94. The van der Waals surface area contributed by atoms with Crippen molar-refractivity contribution in [2.75, 3.05) is 40.3 Å². The molecule has 1 spiro atoms. The van der Waals surface area contributed by atoms with E-state index in [1.807, 2.05) is 35.4 Å². The Balaban J connectivity index is 1.48. The summed E-state index contributed by atoms with van der Waals surface area (Å²) in [6.07, 6.45) is 5.05. The van der Waals surface area contributed by atoms with Crippen LogP contribution in [0.4, 0.5) is 0 Å². The molecule has 1 aromatic carbocycles. The molecule has 2 saturated heterocycles. The molecule has 134 valence electrons. The maximum Gasteiger partial charge on any atom is 0.254 e. The van der Waals surface area contributed by atoms with Gasteiger partial charge in [-0.2, -0.15) is 0 Å². The highest BCUT2D eigenvalue weighted by Crippen LogP contribution is 2.38. The number of hydrogen-bond donors (Lipinski definition) is 1. The third kappa shape index (κ3) is 3.31. The Hall–Kier alpha value is -1.85. The first-order valence-electron chi connectivity index (χ1n) is 9.20. The van der Waals surface area contributed by atoms with Crippen molar-refractivity contribution >= 4 is 16.8 Å². The minimum atomic E-state index is -0.134. The number of H-pyrrole nitrogens is 1. The van der Waals surface area contributed by atoms with E-state index in [0.717, 1.165) is 62.0 Å². The number of piperidine rings is 1. The van der Waals surface area contributed by atoms with Gasteiger partial charge >= 0.3 is 0 Å². The number of ether oxygens (including phenoxy) is 1. The third-order valence-corrected chi connectivity index (χ3v) is 5.54. The van der Waals surface area contributed by atoms with Gasteiger partial charge in [0.2, 0.25) is 0 Å². The second kappa shape index (κ2) is 6.46. The number of amides is 1. The van der Waals surface area contributed by atoms with E-state index in [0.29, 0.717) is 5.92 Å². The molecule has 0 bridgehead atoms. The highest BCUT2D eigenvalue weighted by Gasteiger charge is 2.44. The minimum Gasteiger partial charge on any atom is -0.373 e. The van der Waals surface area contributed by atoms with Crippen molar-refractivity contribution in [3.05, 3.63) is 36.0 Å². The first-order valence-corrected chi connectivity index (χ1v) is 9.20. The number of aromatic amines is 1. The van der Waals surface area contributed by atoms with Crippen molar-refractivity contribution < 1.29 is 9.53 Å². The number of fused-ring (bicyclic) bond motifs is 1. The summed E-state index contributed by atoms with van der Waals surface area (Å²) in [6.45, 7) is 3.41. The molecule has 3 heterocycles. The molecule has 2 aliphatic rings. The van der Waals surface area contributed by atoms with Gasteiger partial charge in [0.25, 0.3) is 5.91 Å². The maximum absolute atomic E-state index is 13.0. The highest BCUT2D eigenvalue weighted by atomic mass is 16.5.